The summed E-state index contributed by atoms with van der Waals surface area (Å²) in [5.74, 6) is 5.42. The third kappa shape index (κ3) is 6.07. The molecule has 1 aromatic rings. The van der Waals surface area contributed by atoms with E-state index in [9.17, 15) is 4.79 Å². The van der Waals surface area contributed by atoms with E-state index in [2.05, 4.69) is 31.0 Å². The summed E-state index contributed by atoms with van der Waals surface area (Å²) < 4.78 is 0. The largest absolute Gasteiger partial charge is 0.480 e. The van der Waals surface area contributed by atoms with Crippen molar-refractivity contribution in [3.05, 3.63) is 35.9 Å². The van der Waals surface area contributed by atoms with Gasteiger partial charge in [-0.1, -0.05) is 43.9 Å². The van der Waals surface area contributed by atoms with Gasteiger partial charge >= 0.3 is 5.97 Å². The van der Waals surface area contributed by atoms with Gasteiger partial charge in [-0.15, -0.1) is 0 Å². The predicted octanol–water partition coefficient (Wildman–Crippen LogP) is 2.13. The van der Waals surface area contributed by atoms with Gasteiger partial charge in [-0.25, -0.2) is 0 Å². The van der Waals surface area contributed by atoms with Gasteiger partial charge in [0, 0.05) is 18.5 Å². The van der Waals surface area contributed by atoms with Gasteiger partial charge in [0.25, 0.3) is 0 Å². The third-order valence-electron chi connectivity index (χ3n) is 2.45. The maximum absolute atomic E-state index is 10.4. The first-order chi connectivity index (χ1) is 8.49. The summed E-state index contributed by atoms with van der Waals surface area (Å²) in [5, 5.41) is 11.5. The van der Waals surface area contributed by atoms with Crippen LogP contribution in [0.15, 0.2) is 30.3 Å². The first-order valence-corrected chi connectivity index (χ1v) is 5.96. The molecule has 0 atom stereocenters. The molecule has 0 saturated heterocycles. The van der Waals surface area contributed by atoms with E-state index in [1.807, 2.05) is 30.3 Å². The van der Waals surface area contributed by atoms with E-state index < -0.39 is 5.97 Å². The van der Waals surface area contributed by atoms with Gasteiger partial charge in [-0.2, -0.15) is 0 Å². The predicted molar refractivity (Wildman–Crippen MR) is 72.2 cm³/mol. The second kappa shape index (κ2) is 6.83. The van der Waals surface area contributed by atoms with Crippen molar-refractivity contribution in [3.63, 3.8) is 0 Å². The van der Waals surface area contributed by atoms with Crippen LogP contribution in [0.2, 0.25) is 0 Å². The van der Waals surface area contributed by atoms with E-state index in [-0.39, 0.29) is 12.0 Å². The lowest BCUT2D eigenvalue weighted by atomic mass is 9.89. The van der Waals surface area contributed by atoms with Crippen LogP contribution in [0.4, 0.5) is 0 Å². The molecular formula is C15H19NO2. The zero-order valence-corrected chi connectivity index (χ0v) is 10.9. The van der Waals surface area contributed by atoms with Gasteiger partial charge in [0.15, 0.2) is 0 Å². The van der Waals surface area contributed by atoms with Crippen LogP contribution in [0, 0.1) is 17.3 Å². The van der Waals surface area contributed by atoms with Crippen LogP contribution in [0.1, 0.15) is 25.8 Å². The molecule has 1 aromatic carbocycles. The van der Waals surface area contributed by atoms with Crippen molar-refractivity contribution < 1.29 is 9.90 Å². The maximum atomic E-state index is 10.4. The third-order valence-corrected chi connectivity index (χ3v) is 2.45. The highest BCUT2D eigenvalue weighted by molar-refractivity contribution is 5.68. The standard InChI is InChI=1S/C15H19NO2/c1-15(2,12-16-11-14(17)18)10-6-9-13-7-4-3-5-8-13/h3-5,7-8,16H,10-12H2,1-2H3,(H,17,18). The molecule has 0 saturated carbocycles. The highest BCUT2D eigenvalue weighted by Gasteiger charge is 2.16. The molecule has 0 radical (unpaired) electrons. The van der Waals surface area contributed by atoms with Crippen LogP contribution in [-0.2, 0) is 4.79 Å². The topological polar surface area (TPSA) is 49.3 Å². The first kappa shape index (κ1) is 14.3. The van der Waals surface area contributed by atoms with E-state index >= 15 is 0 Å². The highest BCUT2D eigenvalue weighted by atomic mass is 16.4. The average Bonchev–Trinajstić information content (AvgIpc) is 2.29. The second-order valence-electron chi connectivity index (χ2n) is 5.01. The lowest BCUT2D eigenvalue weighted by Gasteiger charge is -2.21. The smallest absolute Gasteiger partial charge is 0.317 e. The van der Waals surface area contributed by atoms with Gasteiger partial charge in [0.1, 0.15) is 0 Å². The molecule has 18 heavy (non-hydrogen) atoms. The van der Waals surface area contributed by atoms with Crippen LogP contribution in [0.25, 0.3) is 0 Å². The molecule has 1 rings (SSSR count). The number of hydrogen-bond donors (Lipinski definition) is 2. The Morgan fingerprint density at radius 3 is 2.61 bits per heavy atom. The summed E-state index contributed by atoms with van der Waals surface area (Å²) in [6.45, 7) is 4.78. The summed E-state index contributed by atoms with van der Waals surface area (Å²) in [7, 11) is 0. The fourth-order valence-corrected chi connectivity index (χ4v) is 1.48. The van der Waals surface area contributed by atoms with Crippen LogP contribution < -0.4 is 5.32 Å². The number of nitrogens with one attached hydrogen (secondary N) is 1. The molecular weight excluding hydrogens is 226 g/mol. The number of carbonyl (C=O) groups is 1. The zero-order valence-electron chi connectivity index (χ0n) is 10.9. The molecule has 0 heterocycles. The Morgan fingerprint density at radius 2 is 2.00 bits per heavy atom. The van der Waals surface area contributed by atoms with Crippen molar-refractivity contribution in [2.75, 3.05) is 13.1 Å². The monoisotopic (exact) mass is 245 g/mol. The quantitative estimate of drug-likeness (QED) is 0.781. The number of carboxylic acids is 1. The lowest BCUT2D eigenvalue weighted by molar-refractivity contribution is -0.136. The van der Waals surface area contributed by atoms with Crippen LogP contribution in [-0.4, -0.2) is 24.2 Å². The molecule has 0 aliphatic carbocycles. The Labute approximate surface area is 108 Å². The molecule has 0 spiro atoms. The summed E-state index contributed by atoms with van der Waals surface area (Å²) >= 11 is 0. The van der Waals surface area contributed by atoms with E-state index in [0.717, 1.165) is 12.0 Å². The normalized spacial score (nSPS) is 10.6. The summed E-state index contributed by atoms with van der Waals surface area (Å²) in [6.07, 6.45) is 0.731. The molecule has 2 N–H and O–H groups in total. The van der Waals surface area contributed by atoms with Gasteiger partial charge in [0.05, 0.1) is 6.54 Å². The Balaban J connectivity index is 2.42. The molecule has 0 aliphatic heterocycles. The molecule has 0 amide bonds. The molecule has 0 bridgehead atoms. The van der Waals surface area contributed by atoms with Crippen molar-refractivity contribution in [2.24, 2.45) is 5.41 Å². The molecule has 96 valence electrons. The number of carboxylic acid groups (broad SMARTS) is 1. The summed E-state index contributed by atoms with van der Waals surface area (Å²) in [5.41, 5.74) is 0.976. The minimum Gasteiger partial charge on any atom is -0.480 e. The minimum absolute atomic E-state index is 0.00442. The molecule has 0 unspecified atom stereocenters. The van der Waals surface area contributed by atoms with Crippen molar-refractivity contribution in [2.45, 2.75) is 20.3 Å². The average molecular weight is 245 g/mol. The van der Waals surface area contributed by atoms with E-state index in [1.165, 1.54) is 0 Å². The Morgan fingerprint density at radius 1 is 1.33 bits per heavy atom. The highest BCUT2D eigenvalue weighted by Crippen LogP contribution is 2.17. The van der Waals surface area contributed by atoms with E-state index in [4.69, 9.17) is 5.11 Å². The van der Waals surface area contributed by atoms with Gasteiger partial charge in [-0.05, 0) is 17.5 Å². The van der Waals surface area contributed by atoms with Gasteiger partial charge in [-0.3, -0.25) is 4.79 Å². The maximum Gasteiger partial charge on any atom is 0.317 e. The number of hydrogen-bond acceptors (Lipinski definition) is 2. The number of aliphatic carboxylic acids is 1. The summed E-state index contributed by atoms with van der Waals surface area (Å²) in [6, 6.07) is 9.84. The lowest BCUT2D eigenvalue weighted by Crippen LogP contribution is -2.32. The summed E-state index contributed by atoms with van der Waals surface area (Å²) in [4.78, 5) is 10.4. The second-order valence-corrected chi connectivity index (χ2v) is 5.01. The Bertz CT molecular complexity index is 441. The Kier molecular flexibility index (Phi) is 5.41. The number of rotatable bonds is 5. The molecule has 0 aromatic heterocycles. The number of benzene rings is 1. The van der Waals surface area contributed by atoms with Crippen molar-refractivity contribution in [3.8, 4) is 11.8 Å². The van der Waals surface area contributed by atoms with Crippen molar-refractivity contribution in [1.29, 1.82) is 0 Å². The molecule has 3 heteroatoms. The fourth-order valence-electron chi connectivity index (χ4n) is 1.48. The minimum atomic E-state index is -0.832. The zero-order chi connectivity index (χ0) is 13.4. The van der Waals surface area contributed by atoms with Crippen LogP contribution in [0.5, 0.6) is 0 Å². The first-order valence-electron chi connectivity index (χ1n) is 5.96. The molecule has 0 fully saturated rings. The van der Waals surface area contributed by atoms with Crippen LogP contribution in [0.3, 0.4) is 0 Å². The molecule has 3 nitrogen and oxygen atoms in total. The van der Waals surface area contributed by atoms with Crippen molar-refractivity contribution >= 4 is 5.97 Å². The van der Waals surface area contributed by atoms with Crippen molar-refractivity contribution in [1.82, 2.24) is 5.32 Å². The van der Waals surface area contributed by atoms with E-state index in [1.54, 1.807) is 0 Å². The SMILES string of the molecule is CC(C)(CC#Cc1ccccc1)CNCC(=O)O. The van der Waals surface area contributed by atoms with Gasteiger partial charge < -0.3 is 10.4 Å². The fraction of sp³-hybridized carbons (Fsp3) is 0.400. The van der Waals surface area contributed by atoms with Crippen LogP contribution >= 0.6 is 0 Å². The molecule has 0 aliphatic rings. The van der Waals surface area contributed by atoms with E-state index in [0.29, 0.717) is 6.54 Å². The van der Waals surface area contributed by atoms with Gasteiger partial charge in [0.2, 0.25) is 0 Å². The Hall–Kier alpha value is -1.79.